The van der Waals surface area contributed by atoms with Gasteiger partial charge in [0.05, 0.1) is 38.3 Å². The minimum atomic E-state index is -0.290. The standard InChI is InChI=1S/C24H27N5O5S/c1-32-17-8-6-16(7-9-17)29-15-25-27-24(29)35-14-22(30)26-19-13-21(34-3)20(33-2)12-18(19)23(31)28-10-4-5-11-28/h6-9,12-13,15H,4-5,10-11,14H2,1-3H3,(H,26,30). The molecule has 184 valence electrons. The zero-order valence-corrected chi connectivity index (χ0v) is 20.6. The average molecular weight is 498 g/mol. The molecule has 1 aromatic heterocycles. The van der Waals surface area contributed by atoms with Crippen LogP contribution in [0.3, 0.4) is 0 Å². The number of rotatable bonds is 9. The van der Waals surface area contributed by atoms with Crippen molar-refractivity contribution in [2.45, 2.75) is 18.0 Å². The summed E-state index contributed by atoms with van der Waals surface area (Å²) in [6, 6.07) is 10.7. The number of carbonyl (C=O) groups excluding carboxylic acids is 2. The van der Waals surface area contributed by atoms with E-state index in [1.54, 1.807) is 35.0 Å². The van der Waals surface area contributed by atoms with E-state index in [4.69, 9.17) is 14.2 Å². The molecule has 0 saturated carbocycles. The third-order valence-electron chi connectivity index (χ3n) is 5.62. The lowest BCUT2D eigenvalue weighted by Crippen LogP contribution is -2.29. The Hall–Kier alpha value is -3.73. The van der Waals surface area contributed by atoms with Crippen LogP contribution >= 0.6 is 11.8 Å². The Morgan fingerprint density at radius 1 is 1.00 bits per heavy atom. The van der Waals surface area contributed by atoms with Gasteiger partial charge in [0.15, 0.2) is 16.7 Å². The van der Waals surface area contributed by atoms with Gasteiger partial charge >= 0.3 is 0 Å². The molecule has 2 aromatic carbocycles. The maximum atomic E-state index is 13.2. The molecule has 0 unspecified atom stereocenters. The molecule has 35 heavy (non-hydrogen) atoms. The highest BCUT2D eigenvalue weighted by atomic mass is 32.2. The van der Waals surface area contributed by atoms with Gasteiger partial charge in [-0.2, -0.15) is 0 Å². The number of nitrogens with zero attached hydrogens (tertiary/aromatic N) is 4. The van der Waals surface area contributed by atoms with Crippen molar-refractivity contribution in [2.75, 3.05) is 45.5 Å². The molecule has 1 aliphatic rings. The predicted octanol–water partition coefficient (Wildman–Crippen LogP) is 3.26. The first-order valence-corrected chi connectivity index (χ1v) is 12.0. The predicted molar refractivity (Wildman–Crippen MR) is 132 cm³/mol. The summed E-state index contributed by atoms with van der Waals surface area (Å²) in [5.41, 5.74) is 1.59. The van der Waals surface area contributed by atoms with Crippen molar-refractivity contribution in [3.8, 4) is 22.9 Å². The molecule has 1 fully saturated rings. The molecule has 0 bridgehead atoms. The largest absolute Gasteiger partial charge is 0.497 e. The Labute approximate surface area is 207 Å². The van der Waals surface area contributed by atoms with Gasteiger partial charge < -0.3 is 24.4 Å². The lowest BCUT2D eigenvalue weighted by molar-refractivity contribution is -0.113. The smallest absolute Gasteiger partial charge is 0.256 e. The fourth-order valence-corrected chi connectivity index (χ4v) is 4.54. The molecule has 0 radical (unpaired) electrons. The molecule has 1 saturated heterocycles. The lowest BCUT2D eigenvalue weighted by atomic mass is 10.1. The molecule has 2 amide bonds. The molecular weight excluding hydrogens is 470 g/mol. The first-order chi connectivity index (χ1) is 17.0. The first kappa shape index (κ1) is 24.4. The Morgan fingerprint density at radius 3 is 2.34 bits per heavy atom. The number of ether oxygens (including phenoxy) is 3. The molecule has 0 atom stereocenters. The zero-order chi connectivity index (χ0) is 24.8. The third kappa shape index (κ3) is 5.51. The fraction of sp³-hybridized carbons (Fsp3) is 0.333. The molecule has 3 aromatic rings. The minimum absolute atomic E-state index is 0.0700. The lowest BCUT2D eigenvalue weighted by Gasteiger charge is -2.20. The SMILES string of the molecule is COc1ccc(-n2cnnc2SCC(=O)Nc2cc(OC)c(OC)cc2C(=O)N2CCCC2)cc1. The van der Waals surface area contributed by atoms with E-state index in [1.807, 2.05) is 24.3 Å². The Balaban J connectivity index is 1.50. The van der Waals surface area contributed by atoms with Crippen LogP contribution in [0.4, 0.5) is 5.69 Å². The number of benzene rings is 2. The second kappa shape index (κ2) is 11.1. The van der Waals surface area contributed by atoms with Gasteiger partial charge in [0, 0.05) is 24.8 Å². The zero-order valence-electron chi connectivity index (χ0n) is 19.8. The van der Waals surface area contributed by atoms with Crippen LogP contribution in [0.1, 0.15) is 23.2 Å². The quantitative estimate of drug-likeness (QED) is 0.449. The van der Waals surface area contributed by atoms with E-state index in [0.717, 1.165) is 24.3 Å². The van der Waals surface area contributed by atoms with Crippen molar-refractivity contribution in [2.24, 2.45) is 0 Å². The molecule has 1 N–H and O–H groups in total. The highest BCUT2D eigenvalue weighted by Crippen LogP contribution is 2.34. The summed E-state index contributed by atoms with van der Waals surface area (Å²) in [5, 5.41) is 11.5. The van der Waals surface area contributed by atoms with Crippen LogP contribution < -0.4 is 19.5 Å². The molecule has 11 heteroatoms. The molecule has 2 heterocycles. The van der Waals surface area contributed by atoms with Crippen molar-refractivity contribution < 1.29 is 23.8 Å². The molecule has 4 rings (SSSR count). The summed E-state index contributed by atoms with van der Waals surface area (Å²) in [7, 11) is 4.62. The van der Waals surface area contributed by atoms with Crippen molar-refractivity contribution >= 4 is 29.3 Å². The summed E-state index contributed by atoms with van der Waals surface area (Å²) in [4.78, 5) is 27.8. The van der Waals surface area contributed by atoms with Gasteiger partial charge in [-0.1, -0.05) is 11.8 Å². The van der Waals surface area contributed by atoms with Crippen LogP contribution in [0.15, 0.2) is 47.9 Å². The van der Waals surface area contributed by atoms with Crippen molar-refractivity contribution in [3.63, 3.8) is 0 Å². The van der Waals surface area contributed by atoms with Crippen LogP contribution in [0, 0.1) is 0 Å². The maximum Gasteiger partial charge on any atom is 0.256 e. The molecule has 1 aliphatic heterocycles. The van der Waals surface area contributed by atoms with Gasteiger partial charge in [-0.15, -0.1) is 10.2 Å². The van der Waals surface area contributed by atoms with Crippen LogP contribution in [0.25, 0.3) is 5.69 Å². The van der Waals surface area contributed by atoms with E-state index >= 15 is 0 Å². The van der Waals surface area contributed by atoms with Gasteiger partial charge in [-0.05, 0) is 43.2 Å². The Morgan fingerprint density at radius 2 is 1.69 bits per heavy atom. The number of likely N-dealkylation sites (tertiary alicyclic amines) is 1. The Bertz CT molecular complexity index is 1190. The number of hydrogen-bond donors (Lipinski definition) is 1. The van der Waals surface area contributed by atoms with Crippen molar-refractivity contribution in [1.82, 2.24) is 19.7 Å². The number of hydrogen-bond acceptors (Lipinski definition) is 8. The van der Waals surface area contributed by atoms with E-state index in [0.29, 0.717) is 41.0 Å². The monoisotopic (exact) mass is 497 g/mol. The second-order valence-corrected chi connectivity index (χ2v) is 8.71. The van der Waals surface area contributed by atoms with E-state index in [-0.39, 0.29) is 17.6 Å². The highest BCUT2D eigenvalue weighted by Gasteiger charge is 2.25. The number of anilines is 1. The summed E-state index contributed by atoms with van der Waals surface area (Å²) in [6.45, 7) is 1.38. The van der Waals surface area contributed by atoms with Gasteiger partial charge in [0.25, 0.3) is 5.91 Å². The number of nitrogens with one attached hydrogen (secondary N) is 1. The molecule has 0 aliphatic carbocycles. The summed E-state index contributed by atoms with van der Waals surface area (Å²) in [6.07, 6.45) is 3.52. The van der Waals surface area contributed by atoms with E-state index < -0.39 is 0 Å². The van der Waals surface area contributed by atoms with Crippen molar-refractivity contribution in [1.29, 1.82) is 0 Å². The first-order valence-electron chi connectivity index (χ1n) is 11.1. The highest BCUT2D eigenvalue weighted by molar-refractivity contribution is 7.99. The number of thioether (sulfide) groups is 1. The van der Waals surface area contributed by atoms with Crippen LogP contribution in [-0.4, -0.2) is 71.7 Å². The van der Waals surface area contributed by atoms with Crippen LogP contribution in [0.5, 0.6) is 17.2 Å². The number of methoxy groups -OCH3 is 3. The summed E-state index contributed by atoms with van der Waals surface area (Å²) < 4.78 is 17.7. The molecular formula is C24H27N5O5S. The number of carbonyl (C=O) groups is 2. The van der Waals surface area contributed by atoms with E-state index in [9.17, 15) is 9.59 Å². The Kier molecular flexibility index (Phi) is 7.76. The van der Waals surface area contributed by atoms with Crippen LogP contribution in [-0.2, 0) is 4.79 Å². The maximum absolute atomic E-state index is 13.2. The minimum Gasteiger partial charge on any atom is -0.497 e. The molecule has 0 spiro atoms. The van der Waals surface area contributed by atoms with Gasteiger partial charge in [-0.3, -0.25) is 14.2 Å². The van der Waals surface area contributed by atoms with Crippen molar-refractivity contribution in [3.05, 3.63) is 48.3 Å². The van der Waals surface area contributed by atoms with E-state index in [2.05, 4.69) is 15.5 Å². The summed E-state index contributed by atoms with van der Waals surface area (Å²) >= 11 is 1.24. The summed E-state index contributed by atoms with van der Waals surface area (Å²) in [5.74, 6) is 1.22. The molecule has 10 nitrogen and oxygen atoms in total. The number of amides is 2. The number of aromatic nitrogens is 3. The van der Waals surface area contributed by atoms with Gasteiger partial charge in [-0.25, -0.2) is 0 Å². The second-order valence-electron chi connectivity index (χ2n) is 7.77. The van der Waals surface area contributed by atoms with E-state index in [1.165, 1.54) is 26.0 Å². The fourth-order valence-electron chi connectivity index (χ4n) is 3.81. The average Bonchev–Trinajstić information content (AvgIpc) is 3.59. The third-order valence-corrected chi connectivity index (χ3v) is 6.56. The van der Waals surface area contributed by atoms with Crippen LogP contribution in [0.2, 0.25) is 0 Å². The van der Waals surface area contributed by atoms with Gasteiger partial charge in [0.1, 0.15) is 12.1 Å². The van der Waals surface area contributed by atoms with Gasteiger partial charge in [0.2, 0.25) is 5.91 Å². The normalized spacial score (nSPS) is 12.9. The topological polar surface area (TPSA) is 108 Å².